The third-order valence-electron chi connectivity index (χ3n) is 1.54. The third-order valence-corrected chi connectivity index (χ3v) is 1.54. The van der Waals surface area contributed by atoms with Crippen molar-refractivity contribution in [3.05, 3.63) is 0 Å². The molecular formula is C9H17NO. The largest absolute Gasteiger partial charge is 0.384 e. The number of rotatable bonds is 5. The zero-order chi connectivity index (χ0) is 8.69. The first-order valence-corrected chi connectivity index (χ1v) is 3.88. The van der Waals surface area contributed by atoms with E-state index in [1.54, 1.807) is 7.11 Å². The van der Waals surface area contributed by atoms with E-state index in [0.717, 1.165) is 13.0 Å². The molecule has 0 aliphatic carbocycles. The average Bonchev–Trinajstić information content (AvgIpc) is 1.87. The van der Waals surface area contributed by atoms with Crippen LogP contribution in [0.15, 0.2) is 0 Å². The van der Waals surface area contributed by atoms with Crippen LogP contribution in [0.1, 0.15) is 19.8 Å². The van der Waals surface area contributed by atoms with Crippen molar-refractivity contribution < 1.29 is 4.74 Å². The minimum Gasteiger partial charge on any atom is -0.384 e. The van der Waals surface area contributed by atoms with Crippen LogP contribution in [0.25, 0.3) is 0 Å². The van der Waals surface area contributed by atoms with Crippen LogP contribution in [0.5, 0.6) is 0 Å². The van der Waals surface area contributed by atoms with Crippen LogP contribution >= 0.6 is 0 Å². The van der Waals surface area contributed by atoms with E-state index in [-0.39, 0.29) is 6.04 Å². The summed E-state index contributed by atoms with van der Waals surface area (Å²) in [6.45, 7) is 2.87. The molecule has 0 rings (SSSR count). The zero-order valence-electron chi connectivity index (χ0n) is 7.34. The van der Waals surface area contributed by atoms with E-state index in [0.29, 0.717) is 12.3 Å². The molecule has 0 aromatic carbocycles. The van der Waals surface area contributed by atoms with Crippen LogP contribution in [0.3, 0.4) is 0 Å². The Labute approximate surface area is 69.1 Å². The molecule has 2 heteroatoms. The second-order valence-corrected chi connectivity index (χ2v) is 2.96. The maximum absolute atomic E-state index is 5.72. The van der Waals surface area contributed by atoms with Gasteiger partial charge in [-0.2, -0.15) is 0 Å². The molecule has 0 bridgehead atoms. The van der Waals surface area contributed by atoms with Gasteiger partial charge in [-0.3, -0.25) is 0 Å². The summed E-state index contributed by atoms with van der Waals surface area (Å²) in [7, 11) is 1.70. The molecule has 0 aliphatic rings. The van der Waals surface area contributed by atoms with E-state index in [1.165, 1.54) is 0 Å². The Morgan fingerprint density at radius 3 is 2.73 bits per heavy atom. The van der Waals surface area contributed by atoms with Crippen molar-refractivity contribution in [3.63, 3.8) is 0 Å². The van der Waals surface area contributed by atoms with E-state index < -0.39 is 0 Å². The Morgan fingerprint density at radius 1 is 1.64 bits per heavy atom. The fourth-order valence-corrected chi connectivity index (χ4v) is 1.10. The Balaban J connectivity index is 3.41. The predicted octanol–water partition coefficient (Wildman–Crippen LogP) is 1.01. The molecule has 64 valence electrons. The van der Waals surface area contributed by atoms with E-state index in [9.17, 15) is 0 Å². The van der Waals surface area contributed by atoms with Crippen molar-refractivity contribution in [2.24, 2.45) is 11.7 Å². The summed E-state index contributed by atoms with van der Waals surface area (Å²) in [5.41, 5.74) is 5.72. The summed E-state index contributed by atoms with van der Waals surface area (Å²) in [6.07, 6.45) is 6.72. The molecule has 2 unspecified atom stereocenters. The molecular weight excluding hydrogens is 138 g/mol. The van der Waals surface area contributed by atoms with Crippen LogP contribution in [-0.4, -0.2) is 19.8 Å². The van der Waals surface area contributed by atoms with E-state index >= 15 is 0 Å². The van der Waals surface area contributed by atoms with Crippen molar-refractivity contribution in [2.75, 3.05) is 13.7 Å². The second kappa shape index (κ2) is 6.21. The maximum Gasteiger partial charge on any atom is 0.0488 e. The third kappa shape index (κ3) is 5.90. The minimum absolute atomic E-state index is 0.130. The average molecular weight is 155 g/mol. The zero-order valence-corrected chi connectivity index (χ0v) is 7.34. The van der Waals surface area contributed by atoms with Crippen LogP contribution in [0.4, 0.5) is 0 Å². The molecule has 0 heterocycles. The van der Waals surface area contributed by atoms with Crippen LogP contribution < -0.4 is 5.73 Å². The van der Waals surface area contributed by atoms with Gasteiger partial charge in [0.15, 0.2) is 0 Å². The van der Waals surface area contributed by atoms with Gasteiger partial charge in [0.2, 0.25) is 0 Å². The summed E-state index contributed by atoms with van der Waals surface area (Å²) in [5.74, 6) is 3.05. The maximum atomic E-state index is 5.72. The first-order chi connectivity index (χ1) is 5.20. The Morgan fingerprint density at radius 2 is 2.27 bits per heavy atom. The highest BCUT2D eigenvalue weighted by molar-refractivity contribution is 4.88. The quantitative estimate of drug-likeness (QED) is 0.601. The highest BCUT2D eigenvalue weighted by atomic mass is 16.5. The van der Waals surface area contributed by atoms with Gasteiger partial charge >= 0.3 is 0 Å². The Hall–Kier alpha value is -0.520. The normalized spacial score (nSPS) is 15.5. The van der Waals surface area contributed by atoms with Gasteiger partial charge in [-0.25, -0.2) is 0 Å². The van der Waals surface area contributed by atoms with Gasteiger partial charge in [0, 0.05) is 26.2 Å². The lowest BCUT2D eigenvalue weighted by molar-refractivity contribution is 0.152. The molecule has 0 radical (unpaired) electrons. The monoisotopic (exact) mass is 155 g/mol. The fourth-order valence-electron chi connectivity index (χ4n) is 1.10. The van der Waals surface area contributed by atoms with Gasteiger partial charge in [0.1, 0.15) is 0 Å². The fraction of sp³-hybridized carbons (Fsp3) is 0.778. The second-order valence-electron chi connectivity index (χ2n) is 2.96. The van der Waals surface area contributed by atoms with E-state index in [4.69, 9.17) is 16.9 Å². The molecule has 0 saturated carbocycles. The molecule has 2 N–H and O–H groups in total. The highest BCUT2D eigenvalue weighted by Gasteiger charge is 2.06. The number of hydrogen-bond acceptors (Lipinski definition) is 2. The van der Waals surface area contributed by atoms with E-state index in [2.05, 4.69) is 12.8 Å². The van der Waals surface area contributed by atoms with Gasteiger partial charge in [-0.1, -0.05) is 6.92 Å². The summed E-state index contributed by atoms with van der Waals surface area (Å²) in [4.78, 5) is 0. The topological polar surface area (TPSA) is 35.2 Å². The van der Waals surface area contributed by atoms with Crippen LogP contribution in [-0.2, 0) is 4.74 Å². The summed E-state index contributed by atoms with van der Waals surface area (Å²) in [6, 6.07) is 0.130. The summed E-state index contributed by atoms with van der Waals surface area (Å²) < 4.78 is 4.98. The molecule has 0 aromatic rings. The number of hydrogen-bond donors (Lipinski definition) is 1. The lowest BCUT2D eigenvalue weighted by Gasteiger charge is -2.13. The lowest BCUT2D eigenvalue weighted by Crippen LogP contribution is -2.23. The first-order valence-electron chi connectivity index (χ1n) is 3.88. The van der Waals surface area contributed by atoms with Crippen molar-refractivity contribution in [1.82, 2.24) is 0 Å². The molecule has 0 spiro atoms. The molecule has 2 atom stereocenters. The Kier molecular flexibility index (Phi) is 5.91. The van der Waals surface area contributed by atoms with Crippen molar-refractivity contribution in [1.29, 1.82) is 0 Å². The van der Waals surface area contributed by atoms with Crippen molar-refractivity contribution in [3.8, 4) is 12.3 Å². The summed E-state index contributed by atoms with van der Waals surface area (Å²) >= 11 is 0. The standard InChI is InChI=1S/C9H17NO/c1-4-5-9(10)6-8(2)7-11-3/h1,8-9H,5-7,10H2,2-3H3. The van der Waals surface area contributed by atoms with Gasteiger partial charge in [0.05, 0.1) is 0 Å². The smallest absolute Gasteiger partial charge is 0.0488 e. The molecule has 0 aliphatic heterocycles. The molecule has 0 fully saturated rings. The number of methoxy groups -OCH3 is 1. The van der Waals surface area contributed by atoms with Gasteiger partial charge in [0.25, 0.3) is 0 Å². The van der Waals surface area contributed by atoms with E-state index in [1.807, 2.05) is 0 Å². The number of ether oxygens (including phenoxy) is 1. The number of nitrogens with two attached hydrogens (primary N) is 1. The number of terminal acetylenes is 1. The Bertz CT molecular complexity index is 128. The van der Waals surface area contributed by atoms with Crippen molar-refractivity contribution >= 4 is 0 Å². The minimum atomic E-state index is 0.130. The molecule has 0 aromatic heterocycles. The van der Waals surface area contributed by atoms with Gasteiger partial charge in [-0.05, 0) is 12.3 Å². The SMILES string of the molecule is C#CCC(N)CC(C)COC. The van der Waals surface area contributed by atoms with Gasteiger partial charge < -0.3 is 10.5 Å². The first kappa shape index (κ1) is 10.5. The molecule has 2 nitrogen and oxygen atoms in total. The highest BCUT2D eigenvalue weighted by Crippen LogP contribution is 2.06. The molecule has 0 amide bonds. The van der Waals surface area contributed by atoms with Crippen LogP contribution in [0, 0.1) is 18.3 Å². The lowest BCUT2D eigenvalue weighted by atomic mass is 10.0. The predicted molar refractivity (Wildman–Crippen MR) is 47.1 cm³/mol. The summed E-state index contributed by atoms with van der Waals surface area (Å²) in [5, 5.41) is 0. The van der Waals surface area contributed by atoms with Crippen LogP contribution in [0.2, 0.25) is 0 Å². The van der Waals surface area contributed by atoms with Gasteiger partial charge in [-0.15, -0.1) is 12.3 Å². The molecule has 0 saturated heterocycles. The molecule has 11 heavy (non-hydrogen) atoms. The van der Waals surface area contributed by atoms with Crippen molar-refractivity contribution in [2.45, 2.75) is 25.8 Å².